The summed E-state index contributed by atoms with van der Waals surface area (Å²) in [5.41, 5.74) is 6.12. The molecule has 1 amide bonds. The predicted molar refractivity (Wildman–Crippen MR) is 74.0 cm³/mol. The molecule has 0 heterocycles. The summed E-state index contributed by atoms with van der Waals surface area (Å²) >= 11 is 5.88. The van der Waals surface area contributed by atoms with Gasteiger partial charge in [0.05, 0.1) is 10.6 Å². The van der Waals surface area contributed by atoms with Gasteiger partial charge >= 0.3 is 5.97 Å². The first-order chi connectivity index (χ1) is 8.81. The van der Waals surface area contributed by atoms with Crippen molar-refractivity contribution in [1.29, 1.82) is 0 Å². The summed E-state index contributed by atoms with van der Waals surface area (Å²) in [6.45, 7) is 5.14. The molecule has 1 rings (SSSR count). The Labute approximate surface area is 117 Å². The fourth-order valence-corrected chi connectivity index (χ4v) is 1.57. The summed E-state index contributed by atoms with van der Waals surface area (Å²) in [4.78, 5) is 23.5. The number of nitrogens with one attached hydrogen (secondary N) is 1. The van der Waals surface area contributed by atoms with Gasteiger partial charge in [-0.15, -0.1) is 0 Å². The number of carbonyl (C=O) groups is 2. The van der Waals surface area contributed by atoms with Crippen molar-refractivity contribution in [1.82, 2.24) is 5.32 Å². The minimum Gasteiger partial charge on any atom is -0.449 e. The lowest BCUT2D eigenvalue weighted by Crippen LogP contribution is -2.39. The van der Waals surface area contributed by atoms with Crippen LogP contribution in [0.2, 0.25) is 5.02 Å². The average molecular weight is 285 g/mol. The van der Waals surface area contributed by atoms with Crippen LogP contribution in [-0.2, 0) is 9.53 Å². The zero-order valence-corrected chi connectivity index (χ0v) is 11.8. The summed E-state index contributed by atoms with van der Waals surface area (Å²) in [7, 11) is 0. The molecule has 0 radical (unpaired) electrons. The topological polar surface area (TPSA) is 81.4 Å². The molecule has 0 bridgehead atoms. The minimum absolute atomic E-state index is 0.0235. The van der Waals surface area contributed by atoms with E-state index >= 15 is 0 Å². The lowest BCUT2D eigenvalue weighted by Gasteiger charge is -2.15. The maximum Gasteiger partial charge on any atom is 0.340 e. The Balaban J connectivity index is 2.74. The highest BCUT2D eigenvalue weighted by Crippen LogP contribution is 2.20. The summed E-state index contributed by atoms with van der Waals surface area (Å²) in [6, 6.07) is 4.47. The van der Waals surface area contributed by atoms with Crippen molar-refractivity contribution in [3.63, 3.8) is 0 Å². The highest BCUT2D eigenvalue weighted by atomic mass is 35.5. The third-order valence-corrected chi connectivity index (χ3v) is 2.62. The second-order valence-corrected chi connectivity index (χ2v) is 4.86. The quantitative estimate of drug-likeness (QED) is 0.654. The van der Waals surface area contributed by atoms with Crippen LogP contribution >= 0.6 is 11.6 Å². The van der Waals surface area contributed by atoms with Crippen LogP contribution in [0.25, 0.3) is 0 Å². The Morgan fingerprint density at radius 1 is 1.32 bits per heavy atom. The van der Waals surface area contributed by atoms with E-state index in [1.165, 1.54) is 19.1 Å². The first-order valence-electron chi connectivity index (χ1n) is 5.87. The second-order valence-electron chi connectivity index (χ2n) is 4.45. The molecule has 0 fully saturated rings. The van der Waals surface area contributed by atoms with Gasteiger partial charge in [-0.2, -0.15) is 0 Å². The first kappa shape index (κ1) is 15.3. The van der Waals surface area contributed by atoms with E-state index in [4.69, 9.17) is 22.1 Å². The summed E-state index contributed by atoms with van der Waals surface area (Å²) in [5, 5.41) is 2.88. The molecule has 0 saturated carbocycles. The number of benzene rings is 1. The number of hydrogen-bond donors (Lipinski definition) is 2. The number of anilines is 1. The SMILES string of the molecule is CC(C)NC(=O)C(C)OC(=O)c1cc(N)ccc1Cl. The van der Waals surface area contributed by atoms with E-state index in [0.29, 0.717) is 5.69 Å². The molecule has 0 saturated heterocycles. The van der Waals surface area contributed by atoms with Crippen molar-refractivity contribution in [3.05, 3.63) is 28.8 Å². The summed E-state index contributed by atoms with van der Waals surface area (Å²) in [5.74, 6) is -1.04. The molecule has 0 aliphatic carbocycles. The maximum atomic E-state index is 11.9. The van der Waals surface area contributed by atoms with Crippen LogP contribution in [0.4, 0.5) is 5.69 Å². The van der Waals surface area contributed by atoms with E-state index < -0.39 is 12.1 Å². The second kappa shape index (κ2) is 6.43. The monoisotopic (exact) mass is 284 g/mol. The van der Waals surface area contributed by atoms with E-state index in [0.717, 1.165) is 0 Å². The van der Waals surface area contributed by atoms with E-state index in [1.807, 2.05) is 13.8 Å². The van der Waals surface area contributed by atoms with Gasteiger partial charge in [0.25, 0.3) is 5.91 Å². The molecule has 3 N–H and O–H groups in total. The van der Waals surface area contributed by atoms with Crippen molar-refractivity contribution >= 4 is 29.2 Å². The third kappa shape index (κ3) is 4.44. The maximum absolute atomic E-state index is 11.9. The van der Waals surface area contributed by atoms with E-state index in [1.54, 1.807) is 6.07 Å². The van der Waals surface area contributed by atoms with Crippen LogP contribution in [0.3, 0.4) is 0 Å². The standard InChI is InChI=1S/C13H17ClN2O3/c1-7(2)16-12(17)8(3)19-13(18)10-6-9(15)4-5-11(10)14/h4-8H,15H2,1-3H3,(H,16,17). The fraction of sp³-hybridized carbons (Fsp3) is 0.385. The van der Waals surface area contributed by atoms with Crippen LogP contribution in [0, 0.1) is 0 Å². The Bertz CT molecular complexity index is 489. The van der Waals surface area contributed by atoms with Crippen molar-refractivity contribution in [2.75, 3.05) is 5.73 Å². The summed E-state index contributed by atoms with van der Waals surface area (Å²) < 4.78 is 5.04. The number of nitrogens with two attached hydrogens (primary N) is 1. The lowest BCUT2D eigenvalue weighted by molar-refractivity contribution is -0.129. The summed E-state index contributed by atoms with van der Waals surface area (Å²) in [6.07, 6.45) is -0.896. The van der Waals surface area contributed by atoms with Crippen molar-refractivity contribution in [3.8, 4) is 0 Å². The van der Waals surface area contributed by atoms with E-state index in [9.17, 15) is 9.59 Å². The molecule has 0 aliphatic heterocycles. The van der Waals surface area contributed by atoms with Gasteiger partial charge in [0.2, 0.25) is 0 Å². The predicted octanol–water partition coefficient (Wildman–Crippen LogP) is 1.99. The van der Waals surface area contributed by atoms with Gasteiger partial charge in [-0.1, -0.05) is 11.6 Å². The van der Waals surface area contributed by atoms with Gasteiger partial charge in [0.15, 0.2) is 6.10 Å². The van der Waals surface area contributed by atoms with Crippen molar-refractivity contribution in [2.24, 2.45) is 0 Å². The molecule has 0 aromatic heterocycles. The Kier molecular flexibility index (Phi) is 5.18. The molecule has 5 nitrogen and oxygen atoms in total. The van der Waals surface area contributed by atoms with Gasteiger partial charge in [-0.25, -0.2) is 4.79 Å². The number of nitrogen functional groups attached to an aromatic ring is 1. The molecule has 104 valence electrons. The molecule has 0 aliphatic rings. The average Bonchev–Trinajstić information content (AvgIpc) is 2.31. The number of ether oxygens (including phenoxy) is 1. The highest BCUT2D eigenvalue weighted by Gasteiger charge is 2.21. The normalized spacial score (nSPS) is 12.1. The molecule has 1 aromatic rings. The van der Waals surface area contributed by atoms with Crippen LogP contribution in [0.15, 0.2) is 18.2 Å². The largest absolute Gasteiger partial charge is 0.449 e. The van der Waals surface area contributed by atoms with E-state index in [2.05, 4.69) is 5.32 Å². The smallest absolute Gasteiger partial charge is 0.340 e. The van der Waals surface area contributed by atoms with Crippen LogP contribution in [-0.4, -0.2) is 24.0 Å². The minimum atomic E-state index is -0.896. The molecule has 1 unspecified atom stereocenters. The molecule has 19 heavy (non-hydrogen) atoms. The van der Waals surface area contributed by atoms with Crippen LogP contribution in [0.1, 0.15) is 31.1 Å². The molecule has 1 aromatic carbocycles. The number of hydrogen-bond acceptors (Lipinski definition) is 4. The number of rotatable bonds is 4. The third-order valence-electron chi connectivity index (χ3n) is 2.29. The molecule has 0 spiro atoms. The highest BCUT2D eigenvalue weighted by molar-refractivity contribution is 6.33. The molecule has 1 atom stereocenters. The number of carbonyl (C=O) groups excluding carboxylic acids is 2. The molecular weight excluding hydrogens is 268 g/mol. The Hall–Kier alpha value is -1.75. The zero-order valence-electron chi connectivity index (χ0n) is 11.1. The van der Waals surface area contributed by atoms with Gasteiger partial charge in [0, 0.05) is 11.7 Å². The molecule has 6 heteroatoms. The number of amides is 1. The van der Waals surface area contributed by atoms with Gasteiger partial charge in [0.1, 0.15) is 0 Å². The van der Waals surface area contributed by atoms with Gasteiger partial charge in [-0.3, -0.25) is 4.79 Å². The van der Waals surface area contributed by atoms with Crippen LogP contribution in [0.5, 0.6) is 0 Å². The van der Waals surface area contributed by atoms with Crippen LogP contribution < -0.4 is 11.1 Å². The van der Waals surface area contributed by atoms with Gasteiger partial charge < -0.3 is 15.8 Å². The Morgan fingerprint density at radius 3 is 2.53 bits per heavy atom. The number of halogens is 1. The number of esters is 1. The first-order valence-corrected chi connectivity index (χ1v) is 6.25. The Morgan fingerprint density at radius 2 is 1.95 bits per heavy atom. The zero-order chi connectivity index (χ0) is 14.6. The van der Waals surface area contributed by atoms with E-state index in [-0.39, 0.29) is 22.5 Å². The molecular formula is C13H17ClN2O3. The van der Waals surface area contributed by atoms with Crippen molar-refractivity contribution in [2.45, 2.75) is 32.9 Å². The van der Waals surface area contributed by atoms with Crippen molar-refractivity contribution < 1.29 is 14.3 Å². The van der Waals surface area contributed by atoms with Gasteiger partial charge in [-0.05, 0) is 39.0 Å². The lowest BCUT2D eigenvalue weighted by atomic mass is 10.2. The fourth-order valence-electron chi connectivity index (χ4n) is 1.38.